The molecule has 19 heavy (non-hydrogen) atoms. The van der Waals surface area contributed by atoms with Crippen LogP contribution in [0.4, 0.5) is 4.39 Å². The van der Waals surface area contributed by atoms with Crippen LogP contribution in [-0.4, -0.2) is 49.5 Å². The summed E-state index contributed by atoms with van der Waals surface area (Å²) < 4.78 is 41.3. The summed E-state index contributed by atoms with van der Waals surface area (Å²) in [5.74, 6) is -3.81. The molecule has 2 heterocycles. The van der Waals surface area contributed by atoms with E-state index in [2.05, 4.69) is 9.72 Å². The average molecular weight is 295 g/mol. The van der Waals surface area contributed by atoms with Crippen molar-refractivity contribution in [1.82, 2.24) is 9.55 Å². The van der Waals surface area contributed by atoms with Crippen molar-refractivity contribution in [3.8, 4) is 0 Å². The van der Waals surface area contributed by atoms with Crippen LogP contribution in [0, 0.1) is 11.6 Å². The Hall–Kier alpha value is -1.13. The van der Waals surface area contributed by atoms with E-state index in [-0.39, 0.29) is 10.2 Å². The molecule has 0 aliphatic carbocycles. The maximum absolute atomic E-state index is 14.4. The van der Waals surface area contributed by atoms with Crippen LogP contribution in [0.3, 0.4) is 0 Å². The highest BCUT2D eigenvalue weighted by Crippen LogP contribution is 2.37. The zero-order chi connectivity index (χ0) is 17.1. The second-order valence-corrected chi connectivity index (χ2v) is 4.44. The lowest BCUT2D eigenvalue weighted by Crippen LogP contribution is -2.42. The normalized spacial score (nSPS) is 41.6. The van der Waals surface area contributed by atoms with Gasteiger partial charge in [0, 0.05) is 11.8 Å². The van der Waals surface area contributed by atoms with Crippen molar-refractivity contribution in [3.05, 3.63) is 26.9 Å². The van der Waals surface area contributed by atoms with Gasteiger partial charge in [-0.2, -0.15) is 0 Å². The Kier molecular flexibility index (Phi) is 2.67. The number of aromatic nitrogens is 2. The van der Waals surface area contributed by atoms with Gasteiger partial charge in [0.05, 0.1) is 4.11 Å². The summed E-state index contributed by atoms with van der Waals surface area (Å²) in [6.45, 7) is -2.26. The largest absolute Gasteiger partial charge is 0.390 e. The predicted molar refractivity (Wildman–Crippen MR) is 63.7 cm³/mol. The molecule has 2 rings (SSSR count). The molecule has 0 unspecified atom stereocenters. The Morgan fingerprint density at radius 2 is 2.42 bits per heavy atom. The topological polar surface area (TPSA) is 108 Å². The van der Waals surface area contributed by atoms with Crippen molar-refractivity contribution in [1.29, 1.82) is 0 Å². The standard InChI is InChI=1S/C10H13FN2O5S/c1-4-2-13(9(17)12-7(4)19)8-5(15)6(16)10(11,3-14)18-8/h2,5-6,8,14-16H,3H2,1H3,(H,12,17,19)/t5-,6+,8-,10-/m1/s1/i3D2,8D. The Balaban J connectivity index is 2.64. The van der Waals surface area contributed by atoms with Crippen molar-refractivity contribution in [2.45, 2.75) is 31.2 Å². The SMILES string of the molecule is [2H]C([2H])(O)[C@@]1(F)O[C@@]([2H])(n2cc(C)c(=S)[nH]c2=O)[C@H](O)[C@@H]1O. The molecule has 0 bridgehead atoms. The molecule has 0 radical (unpaired) electrons. The first-order valence-electron chi connectivity index (χ1n) is 6.65. The monoisotopic (exact) mass is 295 g/mol. The van der Waals surface area contributed by atoms with E-state index in [0.29, 0.717) is 4.57 Å². The van der Waals surface area contributed by atoms with Crippen LogP contribution in [0.15, 0.2) is 11.0 Å². The van der Waals surface area contributed by atoms with E-state index in [1.54, 1.807) is 0 Å². The molecule has 1 fully saturated rings. The van der Waals surface area contributed by atoms with Gasteiger partial charge in [0.1, 0.15) is 23.4 Å². The van der Waals surface area contributed by atoms with Crippen molar-refractivity contribution < 1.29 is 28.6 Å². The van der Waals surface area contributed by atoms with Crippen LogP contribution in [0.1, 0.15) is 15.9 Å². The van der Waals surface area contributed by atoms with E-state index >= 15 is 0 Å². The highest BCUT2D eigenvalue weighted by molar-refractivity contribution is 7.71. The summed E-state index contributed by atoms with van der Waals surface area (Å²) in [6, 6.07) is 0. The van der Waals surface area contributed by atoms with Crippen LogP contribution in [0.25, 0.3) is 0 Å². The molecule has 4 N–H and O–H groups in total. The molecule has 1 aliphatic heterocycles. The summed E-state index contributed by atoms with van der Waals surface area (Å²) >= 11 is 4.81. The third-order valence-corrected chi connectivity index (χ3v) is 3.12. The Labute approximate surface area is 116 Å². The fourth-order valence-electron chi connectivity index (χ4n) is 1.62. The first kappa shape index (κ1) is 10.6. The zero-order valence-electron chi connectivity index (χ0n) is 12.6. The van der Waals surface area contributed by atoms with Crippen LogP contribution in [-0.2, 0) is 4.74 Å². The van der Waals surface area contributed by atoms with Crippen molar-refractivity contribution in [2.24, 2.45) is 0 Å². The number of rotatable bonds is 2. The molecule has 1 aliphatic rings. The van der Waals surface area contributed by atoms with Gasteiger partial charge in [-0.3, -0.25) is 9.55 Å². The van der Waals surface area contributed by atoms with E-state index in [1.165, 1.54) is 6.92 Å². The maximum Gasteiger partial charge on any atom is 0.328 e. The number of hydrogen-bond donors (Lipinski definition) is 4. The van der Waals surface area contributed by atoms with Gasteiger partial charge >= 0.3 is 5.69 Å². The number of aryl methyl sites for hydroxylation is 1. The number of nitrogens with one attached hydrogen (secondary N) is 1. The third-order valence-electron chi connectivity index (χ3n) is 2.70. The second-order valence-electron chi connectivity index (χ2n) is 4.03. The van der Waals surface area contributed by atoms with Crippen LogP contribution in [0.5, 0.6) is 0 Å². The summed E-state index contributed by atoms with van der Waals surface area (Å²) in [5.41, 5.74) is -0.755. The Bertz CT molecular complexity index is 722. The number of H-pyrrole nitrogens is 1. The Morgan fingerprint density at radius 1 is 1.79 bits per heavy atom. The Morgan fingerprint density at radius 3 is 2.95 bits per heavy atom. The third kappa shape index (κ3) is 2.23. The molecule has 9 heteroatoms. The minimum Gasteiger partial charge on any atom is -0.390 e. The molecule has 1 saturated heterocycles. The fraction of sp³-hybridized carbons (Fsp3) is 0.600. The quantitative estimate of drug-likeness (QED) is 0.528. The highest BCUT2D eigenvalue weighted by atomic mass is 32.1. The van der Waals surface area contributed by atoms with Gasteiger partial charge in [-0.1, -0.05) is 12.2 Å². The van der Waals surface area contributed by atoms with Crippen molar-refractivity contribution in [3.63, 3.8) is 0 Å². The number of aliphatic hydroxyl groups is 3. The summed E-state index contributed by atoms with van der Waals surface area (Å²) in [7, 11) is 0. The van der Waals surface area contributed by atoms with Gasteiger partial charge in [0.25, 0.3) is 5.85 Å². The van der Waals surface area contributed by atoms with Crippen molar-refractivity contribution in [2.75, 3.05) is 6.56 Å². The molecule has 0 amide bonds. The molecule has 7 nitrogen and oxygen atoms in total. The van der Waals surface area contributed by atoms with Gasteiger partial charge in [-0.05, 0) is 6.92 Å². The summed E-state index contributed by atoms with van der Waals surface area (Å²) in [5, 5.41) is 28.7. The fourth-order valence-corrected chi connectivity index (χ4v) is 1.76. The lowest BCUT2D eigenvalue weighted by Gasteiger charge is -2.20. The van der Waals surface area contributed by atoms with E-state index in [9.17, 15) is 24.5 Å². The first-order valence-corrected chi connectivity index (χ1v) is 5.56. The molecule has 106 valence electrons. The lowest BCUT2D eigenvalue weighted by atomic mass is 10.1. The molecule has 0 spiro atoms. The van der Waals surface area contributed by atoms with E-state index in [1.807, 2.05) is 0 Å². The van der Waals surface area contributed by atoms with Gasteiger partial charge in [-0.25, -0.2) is 9.18 Å². The maximum atomic E-state index is 14.4. The second kappa shape index (κ2) is 4.76. The van der Waals surface area contributed by atoms with E-state index in [4.69, 9.17) is 16.3 Å². The van der Waals surface area contributed by atoms with Gasteiger partial charge in [-0.15, -0.1) is 0 Å². The average Bonchev–Trinajstić information content (AvgIpc) is 2.56. The number of alkyl halides is 1. The molecular formula is C10H13FN2O5S. The number of nitrogens with zero attached hydrogens (tertiary/aromatic N) is 1. The number of aliphatic hydroxyl groups excluding tert-OH is 2. The smallest absolute Gasteiger partial charge is 0.328 e. The number of hydrogen-bond acceptors (Lipinski definition) is 6. The van der Waals surface area contributed by atoms with Gasteiger partial charge in [0.2, 0.25) is 0 Å². The predicted octanol–water partition coefficient (Wildman–Crippen LogP) is -0.877. The van der Waals surface area contributed by atoms with Crippen molar-refractivity contribution >= 4 is 12.2 Å². The van der Waals surface area contributed by atoms with Gasteiger partial charge in [0.15, 0.2) is 6.20 Å². The van der Waals surface area contributed by atoms with Crippen LogP contribution >= 0.6 is 12.2 Å². The molecule has 0 saturated carbocycles. The molecule has 0 aromatic carbocycles. The number of halogens is 1. The molecule has 1 aromatic heterocycles. The van der Waals surface area contributed by atoms with Crippen LogP contribution in [0.2, 0.25) is 0 Å². The lowest BCUT2D eigenvalue weighted by molar-refractivity contribution is -0.207. The zero-order valence-corrected chi connectivity index (χ0v) is 10.4. The number of ether oxygens (including phenoxy) is 1. The molecular weight excluding hydrogens is 279 g/mol. The minimum atomic E-state index is -3.81. The van der Waals surface area contributed by atoms with Gasteiger partial charge < -0.3 is 20.1 Å². The van der Waals surface area contributed by atoms with E-state index < -0.39 is 36.5 Å². The summed E-state index contributed by atoms with van der Waals surface area (Å²) in [4.78, 5) is 14.0. The molecule has 1 aromatic rings. The molecule has 4 atom stereocenters. The highest BCUT2D eigenvalue weighted by Gasteiger charge is 2.55. The first-order chi connectivity index (χ1) is 9.84. The minimum absolute atomic E-state index is 0.0434. The number of aromatic amines is 1. The summed E-state index contributed by atoms with van der Waals surface area (Å²) in [6.07, 6.45) is -6.89. The van der Waals surface area contributed by atoms with E-state index in [0.717, 1.165) is 6.20 Å². The van der Waals surface area contributed by atoms with Crippen LogP contribution < -0.4 is 5.69 Å².